The molecule has 0 spiro atoms. The first-order chi connectivity index (χ1) is 7.50. The lowest BCUT2D eigenvalue weighted by molar-refractivity contribution is -0.348. The molecule has 0 aliphatic carbocycles. The molecule has 1 N–H and O–H groups in total. The van der Waals surface area contributed by atoms with Crippen LogP contribution in [0, 0.1) is 17.0 Å². The smallest absolute Gasteiger partial charge is 0.358 e. The summed E-state index contributed by atoms with van der Waals surface area (Å²) in [5.74, 6) is -1.40. The van der Waals surface area contributed by atoms with Gasteiger partial charge in [0.1, 0.15) is 0 Å². The number of ketones is 1. The molecule has 1 aromatic rings. The van der Waals surface area contributed by atoms with Gasteiger partial charge in [-0.2, -0.15) is 5.43 Å². The number of aryl methyl sites for hydroxylation is 1. The van der Waals surface area contributed by atoms with Crippen molar-refractivity contribution in [3.05, 3.63) is 39.9 Å². The molecule has 0 radical (unpaired) electrons. The highest BCUT2D eigenvalue weighted by molar-refractivity contribution is 6.34. The zero-order valence-corrected chi connectivity index (χ0v) is 8.93. The molecular weight excluding hydrogens is 210 g/mol. The summed E-state index contributed by atoms with van der Waals surface area (Å²) in [4.78, 5) is 20.5. The SMILES string of the molecule is CC(=O)C(=NNc1ccc(C)cc1)[N+](=O)[O-]. The van der Waals surface area contributed by atoms with E-state index >= 15 is 0 Å². The fourth-order valence-corrected chi connectivity index (χ4v) is 0.994. The fourth-order valence-electron chi connectivity index (χ4n) is 0.994. The topological polar surface area (TPSA) is 84.6 Å². The van der Waals surface area contributed by atoms with E-state index in [4.69, 9.17) is 0 Å². The Labute approximate surface area is 92.1 Å². The van der Waals surface area contributed by atoms with E-state index in [1.807, 2.05) is 19.1 Å². The molecule has 1 aromatic carbocycles. The van der Waals surface area contributed by atoms with Crippen molar-refractivity contribution in [1.29, 1.82) is 0 Å². The number of nitrogens with one attached hydrogen (secondary N) is 1. The Morgan fingerprint density at radius 3 is 2.38 bits per heavy atom. The molecule has 0 saturated carbocycles. The highest BCUT2D eigenvalue weighted by atomic mass is 16.6. The van der Waals surface area contributed by atoms with E-state index in [1.54, 1.807) is 12.1 Å². The fraction of sp³-hybridized carbons (Fsp3) is 0.200. The van der Waals surface area contributed by atoms with Crippen LogP contribution in [0.25, 0.3) is 0 Å². The maximum Gasteiger partial charge on any atom is 0.430 e. The van der Waals surface area contributed by atoms with Gasteiger partial charge in [-0.3, -0.25) is 4.79 Å². The number of anilines is 1. The van der Waals surface area contributed by atoms with Gasteiger partial charge in [0.15, 0.2) is 0 Å². The van der Waals surface area contributed by atoms with Crippen LogP contribution in [0.15, 0.2) is 29.4 Å². The molecule has 16 heavy (non-hydrogen) atoms. The maximum atomic E-state index is 10.8. The zero-order valence-electron chi connectivity index (χ0n) is 8.93. The quantitative estimate of drug-likeness (QED) is 0.363. The number of amidine groups is 1. The maximum absolute atomic E-state index is 10.8. The molecule has 0 amide bonds. The Bertz CT molecular complexity index is 421. The van der Waals surface area contributed by atoms with Crippen LogP contribution in [0.3, 0.4) is 0 Å². The van der Waals surface area contributed by atoms with Crippen molar-refractivity contribution < 1.29 is 9.72 Å². The van der Waals surface area contributed by atoms with Crippen molar-refractivity contribution in [3.8, 4) is 0 Å². The lowest BCUT2D eigenvalue weighted by atomic mass is 10.2. The number of hydrogen-bond donors (Lipinski definition) is 1. The number of carbonyl (C=O) groups excluding carboxylic acids is 1. The Kier molecular flexibility index (Phi) is 3.71. The number of benzene rings is 1. The monoisotopic (exact) mass is 221 g/mol. The van der Waals surface area contributed by atoms with Crippen LogP contribution in [-0.4, -0.2) is 16.5 Å². The summed E-state index contributed by atoms with van der Waals surface area (Å²) in [5, 5.41) is 13.9. The van der Waals surface area contributed by atoms with Crippen molar-refractivity contribution in [3.63, 3.8) is 0 Å². The number of Topliss-reactive ketones (excluding diaryl/α,β-unsaturated/α-hetero) is 1. The molecule has 0 aliphatic rings. The van der Waals surface area contributed by atoms with Crippen LogP contribution in [0.2, 0.25) is 0 Å². The molecule has 6 nitrogen and oxygen atoms in total. The number of nitrogens with zero attached hydrogens (tertiary/aromatic N) is 2. The van der Waals surface area contributed by atoms with Crippen LogP contribution >= 0.6 is 0 Å². The predicted molar refractivity (Wildman–Crippen MR) is 59.9 cm³/mol. The van der Waals surface area contributed by atoms with Gasteiger partial charge in [0, 0.05) is 6.92 Å². The second kappa shape index (κ2) is 5.01. The molecule has 0 bridgehead atoms. The molecule has 0 unspecified atom stereocenters. The first-order valence-electron chi connectivity index (χ1n) is 4.56. The summed E-state index contributed by atoms with van der Waals surface area (Å²) in [7, 11) is 0. The molecule has 1 rings (SSSR count). The largest absolute Gasteiger partial charge is 0.430 e. The van der Waals surface area contributed by atoms with Gasteiger partial charge in [-0.25, -0.2) is 0 Å². The molecule has 0 heterocycles. The predicted octanol–water partition coefficient (Wildman–Crippen LogP) is 1.59. The first-order valence-corrected chi connectivity index (χ1v) is 4.56. The summed E-state index contributed by atoms with van der Waals surface area (Å²) in [6.45, 7) is 3.02. The molecule has 0 fully saturated rings. The highest BCUT2D eigenvalue weighted by Gasteiger charge is 2.18. The Morgan fingerprint density at radius 2 is 1.94 bits per heavy atom. The Morgan fingerprint density at radius 1 is 1.38 bits per heavy atom. The summed E-state index contributed by atoms with van der Waals surface area (Å²) in [5.41, 5.74) is 4.11. The summed E-state index contributed by atoms with van der Waals surface area (Å²) in [6.07, 6.45) is 0. The molecule has 0 aromatic heterocycles. The van der Waals surface area contributed by atoms with Gasteiger partial charge < -0.3 is 10.1 Å². The van der Waals surface area contributed by atoms with Crippen LogP contribution in [0.4, 0.5) is 5.69 Å². The van der Waals surface area contributed by atoms with E-state index < -0.39 is 16.5 Å². The summed E-state index contributed by atoms with van der Waals surface area (Å²) in [6, 6.07) is 7.10. The van der Waals surface area contributed by atoms with E-state index in [1.165, 1.54) is 0 Å². The first kappa shape index (κ1) is 11.8. The van der Waals surface area contributed by atoms with Crippen LogP contribution in [0.1, 0.15) is 12.5 Å². The summed E-state index contributed by atoms with van der Waals surface area (Å²) >= 11 is 0. The second-order valence-corrected chi connectivity index (χ2v) is 3.23. The molecule has 0 aliphatic heterocycles. The van der Waals surface area contributed by atoms with Gasteiger partial charge in [-0.05, 0) is 24.0 Å². The van der Waals surface area contributed by atoms with E-state index in [-0.39, 0.29) is 0 Å². The number of rotatable bonds is 3. The minimum atomic E-state index is -0.816. The second-order valence-electron chi connectivity index (χ2n) is 3.23. The number of carbonyl (C=O) groups is 1. The van der Waals surface area contributed by atoms with Crippen LogP contribution in [-0.2, 0) is 4.79 Å². The minimum absolute atomic E-state index is 0.589. The van der Waals surface area contributed by atoms with Crippen molar-refractivity contribution in [2.75, 3.05) is 5.43 Å². The van der Waals surface area contributed by atoms with Gasteiger partial charge >= 0.3 is 5.84 Å². The molecule has 84 valence electrons. The molecule has 6 heteroatoms. The van der Waals surface area contributed by atoms with Crippen molar-refractivity contribution in [1.82, 2.24) is 0 Å². The normalized spacial score (nSPS) is 11.0. The molecule has 0 saturated heterocycles. The zero-order chi connectivity index (χ0) is 12.1. The van der Waals surface area contributed by atoms with Crippen LogP contribution < -0.4 is 5.43 Å². The standard InChI is InChI=1S/C10H11N3O3/c1-7-3-5-9(6-4-7)11-12-10(8(2)14)13(15)16/h3-6,11H,1-2H3. The van der Waals surface area contributed by atoms with Gasteiger partial charge in [0.05, 0.1) is 10.8 Å². The van der Waals surface area contributed by atoms with Gasteiger partial charge in [0.2, 0.25) is 0 Å². The number of hydrogen-bond acceptors (Lipinski definition) is 5. The number of hydrazone groups is 1. The van der Waals surface area contributed by atoms with E-state index in [0.29, 0.717) is 5.69 Å². The van der Waals surface area contributed by atoms with Gasteiger partial charge in [-0.1, -0.05) is 17.7 Å². The lowest BCUT2D eigenvalue weighted by Gasteiger charge is -1.97. The average molecular weight is 221 g/mol. The minimum Gasteiger partial charge on any atom is -0.358 e. The number of nitro groups is 1. The van der Waals surface area contributed by atoms with Gasteiger partial charge in [-0.15, -0.1) is 0 Å². The van der Waals surface area contributed by atoms with Gasteiger partial charge in [0.25, 0.3) is 5.78 Å². The summed E-state index contributed by atoms with van der Waals surface area (Å²) < 4.78 is 0. The Hall–Kier alpha value is -2.24. The average Bonchev–Trinajstić information content (AvgIpc) is 2.20. The van der Waals surface area contributed by atoms with Crippen LogP contribution in [0.5, 0.6) is 0 Å². The van der Waals surface area contributed by atoms with E-state index in [0.717, 1.165) is 12.5 Å². The Balaban J connectivity index is 2.81. The molecular formula is C10H11N3O3. The third kappa shape index (κ3) is 3.16. The molecule has 0 atom stereocenters. The van der Waals surface area contributed by atoms with Crippen molar-refractivity contribution in [2.24, 2.45) is 5.10 Å². The third-order valence-electron chi connectivity index (χ3n) is 1.83. The van der Waals surface area contributed by atoms with Crippen molar-refractivity contribution in [2.45, 2.75) is 13.8 Å². The third-order valence-corrected chi connectivity index (χ3v) is 1.83. The lowest BCUT2D eigenvalue weighted by Crippen LogP contribution is -2.21. The highest BCUT2D eigenvalue weighted by Crippen LogP contribution is 2.08. The van der Waals surface area contributed by atoms with Crippen molar-refractivity contribution >= 4 is 17.3 Å². The van der Waals surface area contributed by atoms with E-state index in [2.05, 4.69) is 10.5 Å². The van der Waals surface area contributed by atoms with E-state index in [9.17, 15) is 14.9 Å².